The summed E-state index contributed by atoms with van der Waals surface area (Å²) in [7, 11) is 1.60. The molecule has 2 aliphatic rings. The number of aliphatic carboxylic acids is 1. The molecule has 0 saturated heterocycles. The molecule has 8 heteroatoms. The predicted molar refractivity (Wildman–Crippen MR) is 110 cm³/mol. The zero-order valence-corrected chi connectivity index (χ0v) is 17.5. The molecule has 1 aromatic carbocycles. The second kappa shape index (κ2) is 8.42. The molecule has 4 rings (SSSR count). The third-order valence-electron chi connectivity index (χ3n) is 6.24. The van der Waals surface area contributed by atoms with Gasteiger partial charge in [0.15, 0.2) is 11.5 Å². The Balaban J connectivity index is 1.63. The Morgan fingerprint density at radius 1 is 1.32 bits per heavy atom. The van der Waals surface area contributed by atoms with Gasteiger partial charge in [-0.05, 0) is 68.2 Å². The number of rotatable bonds is 6. The van der Waals surface area contributed by atoms with Gasteiger partial charge in [0.1, 0.15) is 6.42 Å². The number of hydrogen-bond acceptors (Lipinski definition) is 6. The SMILES string of the molecule is COc1ccc(C2(C#N)CCc3nn(C(=O)CC(=O)O)cc3C2)cc1OC1CCCC1. The van der Waals surface area contributed by atoms with E-state index in [1.807, 2.05) is 18.2 Å². The average Bonchev–Trinajstić information content (AvgIpc) is 3.42. The Morgan fingerprint density at radius 3 is 2.77 bits per heavy atom. The number of aromatic nitrogens is 2. The van der Waals surface area contributed by atoms with E-state index in [9.17, 15) is 14.9 Å². The van der Waals surface area contributed by atoms with E-state index in [1.54, 1.807) is 13.3 Å². The minimum Gasteiger partial charge on any atom is -0.493 e. The standard InChI is InChI=1S/C23H25N3O5/c1-30-19-7-6-16(10-20(19)31-17-4-2-3-5-17)23(14-24)9-8-18-15(12-23)13-26(25-18)21(27)11-22(28)29/h6-7,10,13,17H,2-5,8-9,11-12H2,1H3,(H,28,29). The summed E-state index contributed by atoms with van der Waals surface area (Å²) in [4.78, 5) is 22.9. The third kappa shape index (κ3) is 4.13. The largest absolute Gasteiger partial charge is 0.493 e. The molecule has 0 bridgehead atoms. The second-order valence-electron chi connectivity index (χ2n) is 8.27. The number of fused-ring (bicyclic) bond motifs is 1. The van der Waals surface area contributed by atoms with Gasteiger partial charge in [0.25, 0.3) is 5.91 Å². The van der Waals surface area contributed by atoms with Crippen molar-refractivity contribution in [3.63, 3.8) is 0 Å². The monoisotopic (exact) mass is 423 g/mol. The van der Waals surface area contributed by atoms with Gasteiger partial charge in [0.2, 0.25) is 0 Å². The number of nitrogens with zero attached hydrogens (tertiary/aromatic N) is 3. The molecule has 2 aromatic rings. The van der Waals surface area contributed by atoms with Gasteiger partial charge < -0.3 is 14.6 Å². The van der Waals surface area contributed by atoms with Crippen LogP contribution < -0.4 is 9.47 Å². The van der Waals surface area contributed by atoms with Crippen LogP contribution in [0, 0.1) is 11.3 Å². The highest BCUT2D eigenvalue weighted by atomic mass is 16.5. The van der Waals surface area contributed by atoms with Crippen LogP contribution in [0.2, 0.25) is 0 Å². The van der Waals surface area contributed by atoms with E-state index in [0.29, 0.717) is 30.8 Å². The molecule has 31 heavy (non-hydrogen) atoms. The molecule has 0 spiro atoms. The van der Waals surface area contributed by atoms with E-state index in [0.717, 1.165) is 47.2 Å². The average molecular weight is 423 g/mol. The first-order valence-corrected chi connectivity index (χ1v) is 10.5. The Bertz CT molecular complexity index is 1050. The number of aryl methyl sites for hydroxylation is 1. The summed E-state index contributed by atoms with van der Waals surface area (Å²) in [5.41, 5.74) is 1.59. The highest BCUT2D eigenvalue weighted by Gasteiger charge is 2.39. The zero-order chi connectivity index (χ0) is 22.0. The molecule has 1 atom stereocenters. The van der Waals surface area contributed by atoms with E-state index < -0.39 is 23.7 Å². The lowest BCUT2D eigenvalue weighted by molar-refractivity contribution is -0.136. The summed E-state index contributed by atoms with van der Waals surface area (Å²) < 4.78 is 12.8. The molecule has 0 aliphatic heterocycles. The van der Waals surface area contributed by atoms with Crippen molar-refractivity contribution in [1.82, 2.24) is 9.78 Å². The fraction of sp³-hybridized carbons (Fsp3) is 0.478. The smallest absolute Gasteiger partial charge is 0.312 e. The fourth-order valence-electron chi connectivity index (χ4n) is 4.55. The van der Waals surface area contributed by atoms with Gasteiger partial charge in [0.05, 0.1) is 30.4 Å². The Labute approximate surface area is 180 Å². The first-order valence-electron chi connectivity index (χ1n) is 10.5. The molecular formula is C23H25N3O5. The lowest BCUT2D eigenvalue weighted by atomic mass is 9.70. The van der Waals surface area contributed by atoms with Crippen molar-refractivity contribution in [2.24, 2.45) is 0 Å². The zero-order valence-electron chi connectivity index (χ0n) is 17.5. The molecule has 1 fully saturated rings. The molecule has 162 valence electrons. The van der Waals surface area contributed by atoms with Gasteiger partial charge in [0, 0.05) is 6.20 Å². The van der Waals surface area contributed by atoms with Crippen molar-refractivity contribution >= 4 is 11.9 Å². The van der Waals surface area contributed by atoms with Crippen LogP contribution in [0.5, 0.6) is 11.5 Å². The van der Waals surface area contributed by atoms with Crippen molar-refractivity contribution in [3.8, 4) is 17.6 Å². The maximum atomic E-state index is 12.1. The number of methoxy groups -OCH3 is 1. The number of carboxylic acid groups (broad SMARTS) is 1. The summed E-state index contributed by atoms with van der Waals surface area (Å²) >= 11 is 0. The van der Waals surface area contributed by atoms with Crippen LogP contribution in [0.3, 0.4) is 0 Å². The Hall–Kier alpha value is -3.34. The van der Waals surface area contributed by atoms with Gasteiger partial charge in [-0.15, -0.1) is 0 Å². The van der Waals surface area contributed by atoms with Crippen LogP contribution in [0.4, 0.5) is 0 Å². The molecule has 1 saturated carbocycles. The molecule has 1 N–H and O–H groups in total. The van der Waals surface area contributed by atoms with Crippen LogP contribution in [0.25, 0.3) is 0 Å². The maximum Gasteiger partial charge on any atom is 0.312 e. The summed E-state index contributed by atoms with van der Waals surface area (Å²) in [6, 6.07) is 8.14. The number of benzene rings is 1. The molecule has 0 amide bonds. The van der Waals surface area contributed by atoms with Crippen molar-refractivity contribution in [1.29, 1.82) is 5.26 Å². The summed E-state index contributed by atoms with van der Waals surface area (Å²) in [6.07, 6.45) is 6.93. The minimum atomic E-state index is -1.20. The van der Waals surface area contributed by atoms with Crippen molar-refractivity contribution in [3.05, 3.63) is 41.2 Å². The molecule has 1 unspecified atom stereocenters. The summed E-state index contributed by atoms with van der Waals surface area (Å²) in [5, 5.41) is 23.3. The molecular weight excluding hydrogens is 398 g/mol. The van der Waals surface area contributed by atoms with Gasteiger partial charge >= 0.3 is 5.97 Å². The van der Waals surface area contributed by atoms with Gasteiger partial charge in [-0.25, -0.2) is 4.68 Å². The highest BCUT2D eigenvalue weighted by Crippen LogP contribution is 2.42. The first-order chi connectivity index (χ1) is 14.9. The quantitative estimate of drug-likeness (QED) is 0.709. The van der Waals surface area contributed by atoms with Crippen molar-refractivity contribution in [2.75, 3.05) is 7.11 Å². The fourth-order valence-corrected chi connectivity index (χ4v) is 4.55. The molecule has 1 aromatic heterocycles. The van der Waals surface area contributed by atoms with Gasteiger partial charge in [-0.2, -0.15) is 10.4 Å². The normalized spacial score (nSPS) is 20.6. The van der Waals surface area contributed by atoms with Gasteiger partial charge in [-0.3, -0.25) is 9.59 Å². The van der Waals surface area contributed by atoms with E-state index in [-0.39, 0.29) is 6.10 Å². The van der Waals surface area contributed by atoms with Crippen LogP contribution >= 0.6 is 0 Å². The molecule has 1 heterocycles. The number of nitriles is 1. The number of carbonyl (C=O) groups excluding carboxylic acids is 1. The molecule has 8 nitrogen and oxygen atoms in total. The molecule has 0 radical (unpaired) electrons. The number of carboxylic acids is 1. The Kier molecular flexibility index (Phi) is 5.68. The lowest BCUT2D eigenvalue weighted by Gasteiger charge is -2.31. The van der Waals surface area contributed by atoms with Crippen LogP contribution in [0.1, 0.15) is 60.1 Å². The summed E-state index contributed by atoms with van der Waals surface area (Å²) in [5.74, 6) is -0.494. The minimum absolute atomic E-state index is 0.165. The van der Waals surface area contributed by atoms with E-state index in [1.165, 1.54) is 0 Å². The van der Waals surface area contributed by atoms with Gasteiger partial charge in [-0.1, -0.05) is 6.07 Å². The molecule has 2 aliphatic carbocycles. The third-order valence-corrected chi connectivity index (χ3v) is 6.24. The van der Waals surface area contributed by atoms with E-state index >= 15 is 0 Å². The number of carbonyl (C=O) groups is 2. The van der Waals surface area contributed by atoms with Crippen LogP contribution in [-0.2, 0) is 23.1 Å². The van der Waals surface area contributed by atoms with E-state index in [4.69, 9.17) is 14.6 Å². The van der Waals surface area contributed by atoms with Crippen LogP contribution in [0.15, 0.2) is 24.4 Å². The maximum absolute atomic E-state index is 12.1. The number of hydrogen-bond donors (Lipinski definition) is 1. The second-order valence-corrected chi connectivity index (χ2v) is 8.27. The van der Waals surface area contributed by atoms with Crippen LogP contribution in [-0.4, -0.2) is 40.0 Å². The highest BCUT2D eigenvalue weighted by molar-refractivity contribution is 5.94. The summed E-state index contributed by atoms with van der Waals surface area (Å²) in [6.45, 7) is 0. The van der Waals surface area contributed by atoms with E-state index in [2.05, 4.69) is 11.2 Å². The predicted octanol–water partition coefficient (Wildman–Crippen LogP) is 3.28. The topological polar surface area (TPSA) is 114 Å². The number of ether oxygens (including phenoxy) is 2. The van der Waals surface area contributed by atoms with Crippen molar-refractivity contribution < 1.29 is 24.2 Å². The van der Waals surface area contributed by atoms with Crippen molar-refractivity contribution in [2.45, 2.75) is 62.9 Å². The lowest BCUT2D eigenvalue weighted by Crippen LogP contribution is -2.31. The Morgan fingerprint density at radius 2 is 2.10 bits per heavy atom. The first kappa shape index (κ1) is 20.9.